The molecule has 264 valence electrons. The summed E-state index contributed by atoms with van der Waals surface area (Å²) < 4.78 is 11.6. The lowest BCUT2D eigenvalue weighted by atomic mass is 9.32. The van der Waals surface area contributed by atoms with E-state index in [4.69, 9.17) is 9.47 Å². The van der Waals surface area contributed by atoms with Crippen molar-refractivity contribution in [3.8, 4) is 0 Å². The van der Waals surface area contributed by atoms with E-state index in [-0.39, 0.29) is 51.6 Å². The van der Waals surface area contributed by atoms with E-state index in [0.29, 0.717) is 36.7 Å². The summed E-state index contributed by atoms with van der Waals surface area (Å²) in [7, 11) is 0. The van der Waals surface area contributed by atoms with E-state index in [1.807, 2.05) is 13.8 Å². The third kappa shape index (κ3) is 4.72. The number of carbonyl (C=O) groups excluding carboxylic acids is 2. The molecule has 0 aromatic carbocycles. The Morgan fingerprint density at radius 3 is 2.15 bits per heavy atom. The maximum absolute atomic E-state index is 13.7. The minimum atomic E-state index is -0.591. The van der Waals surface area contributed by atoms with E-state index in [1.165, 1.54) is 5.57 Å². The standard InChI is InChI=1S/C40H63NO6/c1-11-46-34(45)41-29-22-26(35(29,4)5)32(42)47-30-16-17-37(8)27(36(30,6)7)15-18-39(10)28(37)13-12-25-31-24(23(2)3)14-19-40(31,33(43)44)21-20-38(25,39)9/h24-31H,2,11-22H2,1,3-10H3,(H,41,45)(H,43,44)/t24-,25?,26?,27-,28+,29+,30-,31?,37-,38+,39+,40-/m0/s1. The molecule has 1 amide bonds. The van der Waals surface area contributed by atoms with Crippen LogP contribution in [0.15, 0.2) is 12.2 Å². The molecule has 12 atom stereocenters. The Balaban J connectivity index is 1.20. The minimum Gasteiger partial charge on any atom is -0.481 e. The second-order valence-electron chi connectivity index (χ2n) is 19.0. The van der Waals surface area contributed by atoms with Crippen molar-refractivity contribution in [3.05, 3.63) is 12.2 Å². The first kappa shape index (κ1) is 34.8. The van der Waals surface area contributed by atoms with Gasteiger partial charge in [0.15, 0.2) is 0 Å². The van der Waals surface area contributed by atoms with Gasteiger partial charge in [-0.1, -0.05) is 60.6 Å². The Labute approximate surface area is 283 Å². The Bertz CT molecular complexity index is 1320. The first-order valence-corrected chi connectivity index (χ1v) is 18.8. The number of hydrogen-bond donors (Lipinski definition) is 2. The van der Waals surface area contributed by atoms with Crippen LogP contribution >= 0.6 is 0 Å². The number of carboxylic acid groups (broad SMARTS) is 1. The van der Waals surface area contributed by atoms with Crippen molar-refractivity contribution < 1.29 is 29.0 Å². The van der Waals surface area contributed by atoms with Crippen molar-refractivity contribution >= 4 is 18.0 Å². The Morgan fingerprint density at radius 2 is 1.53 bits per heavy atom. The second-order valence-corrected chi connectivity index (χ2v) is 19.0. The SMILES string of the molecule is C=C(C)[C@@H]1CC[C@]2(C(=O)O)CC[C@]3(C)C(CC[C@@H]4[C@@]5(C)CC[C@H](OC(=O)C6C[C@@H](NC(=O)OCC)C6(C)C)C(C)(C)[C@@H]5CC[C@]43C)C12. The molecule has 6 aliphatic rings. The Morgan fingerprint density at radius 1 is 0.830 bits per heavy atom. The van der Waals surface area contributed by atoms with E-state index < -0.39 is 22.9 Å². The molecule has 47 heavy (non-hydrogen) atoms. The largest absolute Gasteiger partial charge is 0.481 e. The van der Waals surface area contributed by atoms with Gasteiger partial charge in [-0.25, -0.2) is 4.79 Å². The fraction of sp³-hybridized carbons (Fsp3) is 0.875. The van der Waals surface area contributed by atoms with Gasteiger partial charge in [0, 0.05) is 11.5 Å². The number of carboxylic acids is 1. The number of rotatable bonds is 6. The zero-order valence-corrected chi connectivity index (χ0v) is 30.8. The van der Waals surface area contributed by atoms with Crippen LogP contribution in [0.25, 0.3) is 0 Å². The molecule has 0 saturated heterocycles. The van der Waals surface area contributed by atoms with Crippen LogP contribution in [-0.2, 0) is 19.1 Å². The molecule has 0 bridgehead atoms. The van der Waals surface area contributed by atoms with Gasteiger partial charge in [-0.3, -0.25) is 9.59 Å². The maximum Gasteiger partial charge on any atom is 0.407 e. The van der Waals surface area contributed by atoms with Gasteiger partial charge in [0.2, 0.25) is 0 Å². The molecule has 0 aromatic heterocycles. The normalized spacial score (nSPS) is 47.5. The van der Waals surface area contributed by atoms with E-state index >= 15 is 0 Å². The molecule has 7 heteroatoms. The minimum absolute atomic E-state index is 0.100. The molecule has 0 aromatic rings. The second kappa shape index (κ2) is 11.2. The molecule has 0 heterocycles. The summed E-state index contributed by atoms with van der Waals surface area (Å²) in [6, 6.07) is -0.107. The molecule has 6 aliphatic carbocycles. The van der Waals surface area contributed by atoms with Gasteiger partial charge in [-0.05, 0) is 136 Å². The van der Waals surface area contributed by atoms with Crippen LogP contribution in [0.5, 0.6) is 0 Å². The van der Waals surface area contributed by atoms with Crippen LogP contribution in [0.1, 0.15) is 133 Å². The fourth-order valence-electron chi connectivity index (χ4n) is 13.8. The monoisotopic (exact) mass is 653 g/mol. The molecule has 0 radical (unpaired) electrons. The highest BCUT2D eigenvalue weighted by Crippen LogP contribution is 2.77. The average Bonchev–Trinajstić information content (AvgIpc) is 3.38. The highest BCUT2D eigenvalue weighted by atomic mass is 16.6. The molecule has 0 aliphatic heterocycles. The van der Waals surface area contributed by atoms with Gasteiger partial charge in [0.1, 0.15) is 6.10 Å². The Kier molecular flexibility index (Phi) is 8.32. The predicted molar refractivity (Wildman–Crippen MR) is 182 cm³/mol. The number of allylic oxidation sites excluding steroid dienone is 1. The van der Waals surface area contributed by atoms with E-state index in [2.05, 4.69) is 53.4 Å². The predicted octanol–water partition coefficient (Wildman–Crippen LogP) is 8.80. The number of carbonyl (C=O) groups is 3. The number of hydrogen-bond acceptors (Lipinski definition) is 5. The van der Waals surface area contributed by atoms with Crippen LogP contribution in [0.4, 0.5) is 4.79 Å². The lowest BCUT2D eigenvalue weighted by Crippen LogP contribution is -2.67. The van der Waals surface area contributed by atoms with Crippen LogP contribution < -0.4 is 5.32 Å². The zero-order valence-electron chi connectivity index (χ0n) is 30.8. The summed E-state index contributed by atoms with van der Waals surface area (Å²) in [6.45, 7) is 25.1. The zero-order chi connectivity index (χ0) is 34.5. The molecule has 6 fully saturated rings. The third-order valence-corrected chi connectivity index (χ3v) is 16.8. The molecule has 2 N–H and O–H groups in total. The first-order chi connectivity index (χ1) is 21.8. The summed E-state index contributed by atoms with van der Waals surface area (Å²) in [4.78, 5) is 38.7. The van der Waals surface area contributed by atoms with Crippen molar-refractivity contribution in [2.24, 2.45) is 68.0 Å². The lowest BCUT2D eigenvalue weighted by Gasteiger charge is -2.72. The number of nitrogens with one attached hydrogen (secondary N) is 1. The number of amides is 1. The van der Waals surface area contributed by atoms with Crippen molar-refractivity contribution in [2.75, 3.05) is 6.61 Å². The summed E-state index contributed by atoms with van der Waals surface area (Å²) in [6.07, 6.45) is 10.1. The van der Waals surface area contributed by atoms with E-state index in [9.17, 15) is 19.5 Å². The van der Waals surface area contributed by atoms with Crippen LogP contribution in [0.3, 0.4) is 0 Å². The van der Waals surface area contributed by atoms with Gasteiger partial charge in [-0.2, -0.15) is 0 Å². The van der Waals surface area contributed by atoms with Gasteiger partial charge >= 0.3 is 18.0 Å². The van der Waals surface area contributed by atoms with E-state index in [1.54, 1.807) is 6.92 Å². The van der Waals surface area contributed by atoms with Gasteiger partial charge < -0.3 is 19.9 Å². The van der Waals surface area contributed by atoms with Crippen LogP contribution in [-0.4, -0.2) is 41.9 Å². The summed E-state index contributed by atoms with van der Waals surface area (Å²) in [5, 5.41) is 13.6. The van der Waals surface area contributed by atoms with Crippen molar-refractivity contribution in [2.45, 2.75) is 145 Å². The number of aliphatic carboxylic acids is 1. The average molecular weight is 654 g/mol. The molecule has 6 rings (SSSR count). The topological polar surface area (TPSA) is 102 Å². The lowest BCUT2D eigenvalue weighted by molar-refractivity contribution is -0.251. The highest BCUT2D eigenvalue weighted by molar-refractivity contribution is 5.77. The van der Waals surface area contributed by atoms with Crippen molar-refractivity contribution in [1.29, 1.82) is 0 Å². The van der Waals surface area contributed by atoms with E-state index in [0.717, 1.165) is 64.2 Å². The fourth-order valence-corrected chi connectivity index (χ4v) is 13.8. The quantitative estimate of drug-likeness (QED) is 0.219. The van der Waals surface area contributed by atoms with Gasteiger partial charge in [0.05, 0.1) is 17.9 Å². The molecular formula is C40H63NO6. The molecule has 0 spiro atoms. The van der Waals surface area contributed by atoms with Crippen molar-refractivity contribution in [3.63, 3.8) is 0 Å². The molecule has 3 unspecified atom stereocenters. The first-order valence-electron chi connectivity index (χ1n) is 18.8. The molecular weight excluding hydrogens is 590 g/mol. The van der Waals surface area contributed by atoms with Crippen molar-refractivity contribution in [1.82, 2.24) is 5.32 Å². The highest BCUT2D eigenvalue weighted by Gasteiger charge is 2.72. The maximum atomic E-state index is 13.7. The van der Waals surface area contributed by atoms with Crippen LogP contribution in [0.2, 0.25) is 0 Å². The number of alkyl carbamates (subject to hydrolysis) is 1. The Hall–Kier alpha value is -2.05. The van der Waals surface area contributed by atoms with Gasteiger partial charge in [-0.15, -0.1) is 0 Å². The number of ether oxygens (including phenoxy) is 2. The third-order valence-electron chi connectivity index (χ3n) is 16.8. The summed E-state index contributed by atoms with van der Waals surface area (Å²) >= 11 is 0. The molecule has 6 saturated carbocycles. The summed E-state index contributed by atoms with van der Waals surface area (Å²) in [5.74, 6) is 0.985. The van der Waals surface area contributed by atoms with Crippen LogP contribution in [0, 0.1) is 68.0 Å². The number of fused-ring (bicyclic) bond motifs is 7. The smallest absolute Gasteiger partial charge is 0.407 e. The molecule has 7 nitrogen and oxygen atoms in total. The van der Waals surface area contributed by atoms with Gasteiger partial charge in [0.25, 0.3) is 0 Å². The number of esters is 1. The summed E-state index contributed by atoms with van der Waals surface area (Å²) in [5.41, 5.74) is 0.427.